The lowest BCUT2D eigenvalue weighted by atomic mass is 10.1. The first-order valence-corrected chi connectivity index (χ1v) is 6.92. The largest absolute Gasteiger partial charge is 0.484 e. The number of nitrogens with zero attached hydrogens (tertiary/aromatic N) is 1. The highest BCUT2D eigenvalue weighted by Gasteiger charge is 2.27. The van der Waals surface area contributed by atoms with Gasteiger partial charge < -0.3 is 9.64 Å². The van der Waals surface area contributed by atoms with Gasteiger partial charge in [0.15, 0.2) is 6.61 Å². The summed E-state index contributed by atoms with van der Waals surface area (Å²) in [6, 6.07) is 12.4. The van der Waals surface area contributed by atoms with Crippen LogP contribution in [0.5, 0.6) is 5.75 Å². The second kappa shape index (κ2) is 5.56. The summed E-state index contributed by atoms with van der Waals surface area (Å²) in [7, 11) is 0. The lowest BCUT2D eigenvalue weighted by molar-refractivity contribution is -0.120. The Hall–Kier alpha value is -2.36. The van der Waals surface area contributed by atoms with E-state index in [4.69, 9.17) is 4.74 Å². The lowest BCUT2D eigenvalue weighted by Crippen LogP contribution is -2.33. The van der Waals surface area contributed by atoms with E-state index in [1.165, 1.54) is 11.0 Å². The first-order chi connectivity index (χ1) is 10.1. The van der Waals surface area contributed by atoms with Crippen molar-refractivity contribution >= 4 is 11.6 Å². The third-order valence-corrected chi connectivity index (χ3v) is 3.60. The summed E-state index contributed by atoms with van der Waals surface area (Å²) in [6.07, 6.45) is 0.684. The summed E-state index contributed by atoms with van der Waals surface area (Å²) >= 11 is 0. The third kappa shape index (κ3) is 2.75. The molecule has 1 aliphatic rings. The van der Waals surface area contributed by atoms with Gasteiger partial charge in [-0.25, -0.2) is 4.39 Å². The van der Waals surface area contributed by atoms with E-state index in [1.54, 1.807) is 12.1 Å². The van der Waals surface area contributed by atoms with Crippen LogP contribution in [0.4, 0.5) is 10.1 Å². The Morgan fingerprint density at radius 1 is 1.29 bits per heavy atom. The minimum absolute atomic E-state index is 0.0861. The van der Waals surface area contributed by atoms with Crippen LogP contribution < -0.4 is 9.64 Å². The van der Waals surface area contributed by atoms with Crippen LogP contribution in [0.25, 0.3) is 0 Å². The van der Waals surface area contributed by atoms with Crippen LogP contribution in [-0.2, 0) is 11.2 Å². The Kier molecular flexibility index (Phi) is 3.60. The fourth-order valence-corrected chi connectivity index (χ4v) is 2.59. The van der Waals surface area contributed by atoms with Crippen LogP contribution >= 0.6 is 0 Å². The predicted octanol–water partition coefficient (Wildman–Crippen LogP) is 3.10. The van der Waals surface area contributed by atoms with E-state index < -0.39 is 0 Å². The van der Waals surface area contributed by atoms with E-state index in [0.29, 0.717) is 24.4 Å². The molecule has 1 amide bonds. The van der Waals surface area contributed by atoms with Crippen molar-refractivity contribution in [1.82, 2.24) is 0 Å². The van der Waals surface area contributed by atoms with E-state index in [9.17, 15) is 9.18 Å². The number of amides is 1. The molecule has 1 heterocycles. The zero-order valence-corrected chi connectivity index (χ0v) is 11.8. The molecule has 2 aromatic carbocycles. The highest BCUT2D eigenvalue weighted by atomic mass is 19.1. The third-order valence-electron chi connectivity index (χ3n) is 3.60. The molecule has 3 rings (SSSR count). The number of halogens is 1. The van der Waals surface area contributed by atoms with Crippen molar-refractivity contribution in [2.24, 2.45) is 0 Å². The van der Waals surface area contributed by atoms with E-state index in [1.807, 2.05) is 31.2 Å². The molecule has 4 heteroatoms. The standard InChI is InChI=1S/C17H16FNO2/c1-12-4-2-6-14(10-12)21-11-16(20)19-9-8-13-5-3-7-15(18)17(13)19/h2-7,10H,8-9,11H2,1H3. The SMILES string of the molecule is Cc1cccc(OCC(=O)N2CCc3cccc(F)c32)c1. The van der Waals surface area contributed by atoms with E-state index in [2.05, 4.69) is 0 Å². The molecule has 108 valence electrons. The van der Waals surface area contributed by atoms with Crippen LogP contribution in [0.2, 0.25) is 0 Å². The summed E-state index contributed by atoms with van der Waals surface area (Å²) in [6.45, 7) is 2.38. The fourth-order valence-electron chi connectivity index (χ4n) is 2.59. The number of benzene rings is 2. The van der Waals surface area contributed by atoms with E-state index in [-0.39, 0.29) is 18.3 Å². The molecule has 2 aromatic rings. The summed E-state index contributed by atoms with van der Waals surface area (Å²) in [5.41, 5.74) is 2.34. The predicted molar refractivity (Wildman–Crippen MR) is 79.1 cm³/mol. The Bertz CT molecular complexity index is 684. The van der Waals surface area contributed by atoms with Gasteiger partial charge in [-0.2, -0.15) is 0 Å². The molecule has 0 fully saturated rings. The number of aryl methyl sites for hydroxylation is 1. The number of rotatable bonds is 3. The minimum Gasteiger partial charge on any atom is -0.484 e. The Morgan fingerprint density at radius 2 is 2.10 bits per heavy atom. The topological polar surface area (TPSA) is 29.5 Å². The second-order valence-corrected chi connectivity index (χ2v) is 5.15. The minimum atomic E-state index is -0.353. The van der Waals surface area contributed by atoms with Crippen molar-refractivity contribution < 1.29 is 13.9 Å². The Labute approximate surface area is 123 Å². The monoisotopic (exact) mass is 285 g/mol. The zero-order chi connectivity index (χ0) is 14.8. The second-order valence-electron chi connectivity index (χ2n) is 5.15. The quantitative estimate of drug-likeness (QED) is 0.867. The smallest absolute Gasteiger partial charge is 0.265 e. The Balaban J connectivity index is 1.71. The normalized spacial score (nSPS) is 13.1. The van der Waals surface area contributed by atoms with Gasteiger partial charge in [-0.1, -0.05) is 24.3 Å². The maximum absolute atomic E-state index is 13.9. The molecular formula is C17H16FNO2. The molecule has 0 bridgehead atoms. The van der Waals surface area contributed by atoms with Gasteiger partial charge in [0.25, 0.3) is 5.91 Å². The molecule has 1 aliphatic heterocycles. The van der Waals surface area contributed by atoms with E-state index in [0.717, 1.165) is 11.1 Å². The van der Waals surface area contributed by atoms with Crippen LogP contribution in [-0.4, -0.2) is 19.1 Å². The lowest BCUT2D eigenvalue weighted by Gasteiger charge is -2.18. The molecule has 21 heavy (non-hydrogen) atoms. The van der Waals surface area contributed by atoms with Gasteiger partial charge in [-0.05, 0) is 42.7 Å². The fraction of sp³-hybridized carbons (Fsp3) is 0.235. The molecule has 0 aliphatic carbocycles. The highest BCUT2D eigenvalue weighted by molar-refractivity contribution is 5.96. The van der Waals surface area contributed by atoms with Crippen LogP contribution in [0.15, 0.2) is 42.5 Å². The van der Waals surface area contributed by atoms with Gasteiger partial charge in [-0.15, -0.1) is 0 Å². The molecule has 0 saturated heterocycles. The van der Waals surface area contributed by atoms with Gasteiger partial charge in [0.1, 0.15) is 11.6 Å². The number of para-hydroxylation sites is 1. The van der Waals surface area contributed by atoms with Gasteiger partial charge in [0.05, 0.1) is 5.69 Å². The number of hydrogen-bond donors (Lipinski definition) is 0. The summed E-state index contributed by atoms with van der Waals surface area (Å²) in [5, 5.41) is 0. The number of ether oxygens (including phenoxy) is 1. The first-order valence-electron chi connectivity index (χ1n) is 6.92. The van der Waals surface area contributed by atoms with Crippen molar-refractivity contribution in [3.8, 4) is 5.75 Å². The number of hydrogen-bond acceptors (Lipinski definition) is 2. The van der Waals surface area contributed by atoms with Gasteiger partial charge in [0.2, 0.25) is 0 Å². The molecular weight excluding hydrogens is 269 g/mol. The van der Waals surface area contributed by atoms with Crippen molar-refractivity contribution in [1.29, 1.82) is 0 Å². The average molecular weight is 285 g/mol. The molecule has 0 saturated carbocycles. The summed E-state index contributed by atoms with van der Waals surface area (Å²) in [5.74, 6) is 0.0746. The Morgan fingerprint density at radius 3 is 2.90 bits per heavy atom. The number of fused-ring (bicyclic) bond motifs is 1. The highest BCUT2D eigenvalue weighted by Crippen LogP contribution is 2.30. The molecule has 0 N–H and O–H groups in total. The summed E-state index contributed by atoms with van der Waals surface area (Å²) < 4.78 is 19.4. The maximum Gasteiger partial charge on any atom is 0.265 e. The average Bonchev–Trinajstić information content (AvgIpc) is 2.90. The zero-order valence-electron chi connectivity index (χ0n) is 11.8. The van der Waals surface area contributed by atoms with Gasteiger partial charge in [0, 0.05) is 6.54 Å². The van der Waals surface area contributed by atoms with Crippen molar-refractivity contribution in [3.63, 3.8) is 0 Å². The molecule has 0 atom stereocenters. The molecule has 0 unspecified atom stereocenters. The van der Waals surface area contributed by atoms with Crippen molar-refractivity contribution in [3.05, 3.63) is 59.4 Å². The molecule has 3 nitrogen and oxygen atoms in total. The van der Waals surface area contributed by atoms with Crippen LogP contribution in [0.3, 0.4) is 0 Å². The number of carbonyl (C=O) groups is 1. The first kappa shape index (κ1) is 13.6. The van der Waals surface area contributed by atoms with Crippen LogP contribution in [0, 0.1) is 12.7 Å². The summed E-state index contributed by atoms with van der Waals surface area (Å²) in [4.78, 5) is 13.7. The van der Waals surface area contributed by atoms with Crippen molar-refractivity contribution in [2.75, 3.05) is 18.1 Å². The number of anilines is 1. The maximum atomic E-state index is 13.9. The molecule has 0 spiro atoms. The van der Waals surface area contributed by atoms with Crippen LogP contribution in [0.1, 0.15) is 11.1 Å². The van der Waals surface area contributed by atoms with E-state index >= 15 is 0 Å². The number of carbonyl (C=O) groups excluding carboxylic acids is 1. The van der Waals surface area contributed by atoms with Gasteiger partial charge in [-0.3, -0.25) is 4.79 Å². The van der Waals surface area contributed by atoms with Crippen molar-refractivity contribution in [2.45, 2.75) is 13.3 Å². The molecule has 0 radical (unpaired) electrons. The van der Waals surface area contributed by atoms with Gasteiger partial charge >= 0.3 is 0 Å². The molecule has 0 aromatic heterocycles.